The number of benzene rings is 1. The molecule has 1 heterocycles. The zero-order valence-electron chi connectivity index (χ0n) is 15.1. The van der Waals surface area contributed by atoms with Gasteiger partial charge in [0.25, 0.3) is 5.91 Å². The zero-order valence-corrected chi connectivity index (χ0v) is 15.9. The first kappa shape index (κ1) is 18.8. The largest absolute Gasteiger partial charge is 0.496 e. The van der Waals surface area contributed by atoms with E-state index >= 15 is 0 Å². The van der Waals surface area contributed by atoms with Crippen LogP contribution in [-0.4, -0.2) is 43.6 Å². The number of methoxy groups -OCH3 is 1. The second-order valence-corrected chi connectivity index (χ2v) is 7.28. The summed E-state index contributed by atoms with van der Waals surface area (Å²) in [5, 5.41) is 3.47. The van der Waals surface area contributed by atoms with Crippen LogP contribution in [-0.2, 0) is 0 Å². The molecule has 1 aliphatic carbocycles. The van der Waals surface area contributed by atoms with Gasteiger partial charge < -0.3 is 15.8 Å². The number of rotatable bonds is 5. The van der Waals surface area contributed by atoms with E-state index in [-0.39, 0.29) is 11.9 Å². The Morgan fingerprint density at radius 3 is 2.77 bits per heavy atom. The molecule has 1 aromatic rings. The van der Waals surface area contributed by atoms with E-state index in [0.29, 0.717) is 22.0 Å². The van der Waals surface area contributed by atoms with Crippen LogP contribution in [0.2, 0.25) is 5.02 Å². The first-order chi connectivity index (χ1) is 12.6. The van der Waals surface area contributed by atoms with Crippen molar-refractivity contribution >= 4 is 23.2 Å². The number of likely N-dealkylation sites (tertiary alicyclic amines) is 1. The van der Waals surface area contributed by atoms with E-state index in [1.165, 1.54) is 12.7 Å². The molecule has 0 atom stereocenters. The number of hydrogen-bond donors (Lipinski definition) is 2. The summed E-state index contributed by atoms with van der Waals surface area (Å²) in [6, 6.07) is 3.33. The molecule has 1 aromatic carbocycles. The Labute approximate surface area is 159 Å². The summed E-state index contributed by atoms with van der Waals surface area (Å²) in [7, 11) is 1.52. The summed E-state index contributed by atoms with van der Waals surface area (Å²) < 4.78 is 5.27. The minimum absolute atomic E-state index is 0.165. The molecule has 2 aliphatic rings. The summed E-state index contributed by atoms with van der Waals surface area (Å²) in [6.07, 6.45) is 10.8. The number of nitrogen functional groups attached to an aromatic ring is 1. The number of carbonyl (C=O) groups excluding carboxylic acids is 1. The molecule has 1 fully saturated rings. The fourth-order valence-electron chi connectivity index (χ4n) is 3.48. The molecular formula is C20H26ClN3O2. The molecule has 0 unspecified atom stereocenters. The van der Waals surface area contributed by atoms with Crippen LogP contribution >= 0.6 is 11.6 Å². The van der Waals surface area contributed by atoms with Gasteiger partial charge in [-0.2, -0.15) is 0 Å². The molecule has 0 saturated carbocycles. The molecule has 6 heteroatoms. The third kappa shape index (κ3) is 4.59. The number of nitrogens with one attached hydrogen (secondary N) is 1. The molecule has 0 spiro atoms. The average molecular weight is 376 g/mol. The third-order valence-corrected chi connectivity index (χ3v) is 5.33. The van der Waals surface area contributed by atoms with Gasteiger partial charge in [-0.1, -0.05) is 35.4 Å². The molecular weight excluding hydrogens is 350 g/mol. The lowest BCUT2D eigenvalue weighted by molar-refractivity contribution is 0.0910. The van der Waals surface area contributed by atoms with E-state index in [1.807, 2.05) is 0 Å². The Hall–Kier alpha value is -1.98. The molecule has 1 saturated heterocycles. The fraction of sp³-hybridized carbons (Fsp3) is 0.450. The summed E-state index contributed by atoms with van der Waals surface area (Å²) >= 11 is 6.06. The highest BCUT2D eigenvalue weighted by atomic mass is 35.5. The molecule has 1 aliphatic heterocycles. The van der Waals surface area contributed by atoms with E-state index in [0.717, 1.165) is 45.3 Å². The van der Waals surface area contributed by atoms with Gasteiger partial charge in [0.05, 0.1) is 23.4 Å². The summed E-state index contributed by atoms with van der Waals surface area (Å²) in [5.74, 6) is 0.279. The molecule has 3 rings (SSSR count). The highest BCUT2D eigenvalue weighted by molar-refractivity contribution is 6.33. The van der Waals surface area contributed by atoms with Crippen molar-refractivity contribution < 1.29 is 9.53 Å². The number of anilines is 1. The van der Waals surface area contributed by atoms with Crippen LogP contribution in [0.3, 0.4) is 0 Å². The highest BCUT2D eigenvalue weighted by Gasteiger charge is 2.23. The average Bonchev–Trinajstić information content (AvgIpc) is 2.66. The van der Waals surface area contributed by atoms with Crippen molar-refractivity contribution in [1.82, 2.24) is 10.2 Å². The van der Waals surface area contributed by atoms with Crippen molar-refractivity contribution in [2.24, 2.45) is 0 Å². The van der Waals surface area contributed by atoms with Gasteiger partial charge in [0.2, 0.25) is 0 Å². The van der Waals surface area contributed by atoms with Gasteiger partial charge >= 0.3 is 0 Å². The third-order valence-electron chi connectivity index (χ3n) is 5.00. The van der Waals surface area contributed by atoms with Crippen LogP contribution < -0.4 is 15.8 Å². The van der Waals surface area contributed by atoms with Crippen LogP contribution in [0, 0.1) is 0 Å². The molecule has 140 valence electrons. The van der Waals surface area contributed by atoms with Crippen LogP contribution in [0.15, 0.2) is 35.9 Å². The van der Waals surface area contributed by atoms with Gasteiger partial charge in [0, 0.05) is 31.7 Å². The maximum absolute atomic E-state index is 12.6. The van der Waals surface area contributed by atoms with Crippen molar-refractivity contribution in [2.75, 3.05) is 32.5 Å². The fourth-order valence-corrected chi connectivity index (χ4v) is 3.64. The lowest BCUT2D eigenvalue weighted by Gasteiger charge is -2.33. The minimum Gasteiger partial charge on any atom is -0.496 e. The van der Waals surface area contributed by atoms with Gasteiger partial charge in [-0.15, -0.1) is 0 Å². The molecule has 0 bridgehead atoms. The van der Waals surface area contributed by atoms with Crippen LogP contribution in [0.4, 0.5) is 5.69 Å². The number of halogens is 1. The van der Waals surface area contributed by atoms with Crippen molar-refractivity contribution in [1.29, 1.82) is 0 Å². The SMILES string of the molecule is COc1cc(N)c(Cl)cc1C(=O)NC1CCN(CC2=CCC=CC2)CC1. The standard InChI is InChI=1S/C20H26ClN3O2/c1-26-19-12-18(22)17(21)11-16(19)20(25)23-15-7-9-24(10-8-15)13-14-5-3-2-4-6-14/h2-3,6,11-12,15H,4-5,7-10,13,22H2,1H3,(H,23,25). The topological polar surface area (TPSA) is 67.6 Å². The smallest absolute Gasteiger partial charge is 0.255 e. The summed E-state index contributed by atoms with van der Waals surface area (Å²) in [5.41, 5.74) is 8.11. The quantitative estimate of drug-likeness (QED) is 0.611. The predicted octanol–water partition coefficient (Wildman–Crippen LogP) is 3.40. The van der Waals surface area contributed by atoms with Gasteiger partial charge in [-0.25, -0.2) is 0 Å². The second-order valence-electron chi connectivity index (χ2n) is 6.87. The lowest BCUT2D eigenvalue weighted by atomic mass is 10.0. The highest BCUT2D eigenvalue weighted by Crippen LogP contribution is 2.29. The van der Waals surface area contributed by atoms with E-state index in [9.17, 15) is 4.79 Å². The van der Waals surface area contributed by atoms with E-state index in [1.54, 1.807) is 12.1 Å². The predicted molar refractivity (Wildman–Crippen MR) is 106 cm³/mol. The molecule has 26 heavy (non-hydrogen) atoms. The van der Waals surface area contributed by atoms with Gasteiger partial charge in [0.15, 0.2) is 0 Å². The Bertz CT molecular complexity index is 722. The number of allylic oxidation sites excluding steroid dienone is 3. The van der Waals surface area contributed by atoms with Crippen LogP contribution in [0.5, 0.6) is 5.75 Å². The number of nitrogens with zero attached hydrogens (tertiary/aromatic N) is 1. The maximum atomic E-state index is 12.6. The van der Waals surface area contributed by atoms with E-state index in [2.05, 4.69) is 28.4 Å². The summed E-state index contributed by atoms with van der Waals surface area (Å²) in [6.45, 7) is 3.02. The van der Waals surface area contributed by atoms with Gasteiger partial charge in [-0.05, 0) is 31.7 Å². The Balaban J connectivity index is 1.53. The van der Waals surface area contributed by atoms with E-state index < -0.39 is 0 Å². The van der Waals surface area contributed by atoms with Gasteiger partial charge in [-0.3, -0.25) is 9.69 Å². The minimum atomic E-state index is -0.165. The number of nitrogens with two attached hydrogens (primary N) is 1. The number of hydrogen-bond acceptors (Lipinski definition) is 4. The Morgan fingerprint density at radius 2 is 2.12 bits per heavy atom. The maximum Gasteiger partial charge on any atom is 0.255 e. The van der Waals surface area contributed by atoms with Crippen LogP contribution in [0.1, 0.15) is 36.0 Å². The number of piperidine rings is 1. The van der Waals surface area contributed by atoms with E-state index in [4.69, 9.17) is 22.1 Å². The van der Waals surface area contributed by atoms with Crippen LogP contribution in [0.25, 0.3) is 0 Å². The monoisotopic (exact) mass is 375 g/mol. The Morgan fingerprint density at radius 1 is 1.35 bits per heavy atom. The number of ether oxygens (including phenoxy) is 1. The van der Waals surface area contributed by atoms with Crippen molar-refractivity contribution in [3.05, 3.63) is 46.5 Å². The molecule has 3 N–H and O–H groups in total. The van der Waals surface area contributed by atoms with Crippen molar-refractivity contribution in [3.63, 3.8) is 0 Å². The Kier molecular flexibility index (Phi) is 6.22. The molecule has 5 nitrogen and oxygen atoms in total. The van der Waals surface area contributed by atoms with Crippen molar-refractivity contribution in [3.8, 4) is 5.75 Å². The molecule has 0 radical (unpaired) electrons. The van der Waals surface area contributed by atoms with Gasteiger partial charge in [0.1, 0.15) is 5.75 Å². The second kappa shape index (κ2) is 8.60. The lowest BCUT2D eigenvalue weighted by Crippen LogP contribution is -2.45. The summed E-state index contributed by atoms with van der Waals surface area (Å²) in [4.78, 5) is 15.1. The number of carbonyl (C=O) groups is 1. The zero-order chi connectivity index (χ0) is 18.5. The first-order valence-electron chi connectivity index (χ1n) is 9.06. The first-order valence-corrected chi connectivity index (χ1v) is 9.43. The molecule has 1 amide bonds. The normalized spacial score (nSPS) is 18.5. The molecule has 0 aromatic heterocycles. The number of amides is 1. The van der Waals surface area contributed by atoms with Crippen molar-refractivity contribution in [2.45, 2.75) is 31.7 Å².